The molecule has 0 aromatic carbocycles. The standard InChI is InChI=1S/C13H19NO5.C2H6O/c1-4-5-6-8-14-10(15)9-12(2,19-9)13(14,7-18-8)11(16)17-3;1-2-3/h8-9H,4-7H2,1-3H3;3H,2H2,1H3/t8-,9?,12+,13+;/m1./s1. The molecule has 3 saturated heterocycles. The number of hydrogen-bond acceptors (Lipinski definition) is 6. The fourth-order valence-electron chi connectivity index (χ4n) is 3.38. The highest BCUT2D eigenvalue weighted by molar-refractivity contribution is 6.00. The van der Waals surface area contributed by atoms with Gasteiger partial charge in [-0.25, -0.2) is 4.79 Å². The first-order valence-electron chi connectivity index (χ1n) is 7.76. The van der Waals surface area contributed by atoms with Crippen LogP contribution in [-0.4, -0.2) is 65.7 Å². The molecule has 3 aliphatic heterocycles. The van der Waals surface area contributed by atoms with Gasteiger partial charge in [-0.3, -0.25) is 9.69 Å². The number of rotatable bonds is 4. The molecule has 0 radical (unpaired) electrons. The van der Waals surface area contributed by atoms with Gasteiger partial charge < -0.3 is 19.3 Å². The van der Waals surface area contributed by atoms with E-state index in [0.717, 1.165) is 19.3 Å². The third kappa shape index (κ3) is 2.14. The normalized spacial score (nSPS) is 38.0. The Kier molecular flexibility index (Phi) is 4.79. The number of morpholine rings is 1. The molecule has 7 heteroatoms. The molecule has 0 aliphatic carbocycles. The van der Waals surface area contributed by atoms with Gasteiger partial charge in [-0.05, 0) is 26.7 Å². The quantitative estimate of drug-likeness (QED) is 0.598. The van der Waals surface area contributed by atoms with Crippen LogP contribution in [0.2, 0.25) is 0 Å². The maximum Gasteiger partial charge on any atom is 0.337 e. The Balaban J connectivity index is 0.000000545. The summed E-state index contributed by atoms with van der Waals surface area (Å²) in [5.74, 6) is -0.589. The highest BCUT2D eigenvalue weighted by atomic mass is 16.6. The SMILES string of the molecule is CCCC[C@H]1OC[C@@]2(C(=O)OC)N1C(=O)C1O[C@@]12C.CCO. The summed E-state index contributed by atoms with van der Waals surface area (Å²) >= 11 is 0. The van der Waals surface area contributed by atoms with Crippen molar-refractivity contribution in [2.24, 2.45) is 0 Å². The van der Waals surface area contributed by atoms with Crippen LogP contribution in [0.5, 0.6) is 0 Å². The lowest BCUT2D eigenvalue weighted by Crippen LogP contribution is -2.60. The number of esters is 1. The average Bonchev–Trinajstić information content (AvgIpc) is 2.98. The largest absolute Gasteiger partial charge is 0.467 e. The van der Waals surface area contributed by atoms with E-state index in [2.05, 4.69) is 6.92 Å². The minimum atomic E-state index is -1.10. The summed E-state index contributed by atoms with van der Waals surface area (Å²) < 4.78 is 16.1. The van der Waals surface area contributed by atoms with Crippen molar-refractivity contribution < 1.29 is 28.9 Å². The van der Waals surface area contributed by atoms with Crippen molar-refractivity contribution in [1.29, 1.82) is 0 Å². The Bertz CT molecular complexity index is 455. The minimum absolute atomic E-state index is 0.147. The number of epoxide rings is 1. The Morgan fingerprint density at radius 3 is 2.68 bits per heavy atom. The molecule has 1 unspecified atom stereocenters. The fourth-order valence-corrected chi connectivity index (χ4v) is 3.38. The smallest absolute Gasteiger partial charge is 0.337 e. The molecule has 1 N–H and O–H groups in total. The maximum atomic E-state index is 12.3. The second kappa shape index (κ2) is 6.14. The third-order valence-corrected chi connectivity index (χ3v) is 4.60. The van der Waals surface area contributed by atoms with E-state index in [0.29, 0.717) is 0 Å². The molecular formula is C15H25NO6. The van der Waals surface area contributed by atoms with E-state index in [4.69, 9.17) is 19.3 Å². The molecular weight excluding hydrogens is 290 g/mol. The number of nitrogens with zero attached hydrogens (tertiary/aromatic N) is 1. The predicted molar refractivity (Wildman–Crippen MR) is 76.9 cm³/mol. The molecule has 22 heavy (non-hydrogen) atoms. The number of ether oxygens (including phenoxy) is 3. The zero-order valence-electron chi connectivity index (χ0n) is 13.6. The van der Waals surface area contributed by atoms with Gasteiger partial charge in [0.15, 0.2) is 11.6 Å². The molecule has 0 bridgehead atoms. The van der Waals surface area contributed by atoms with Crippen molar-refractivity contribution in [1.82, 2.24) is 4.90 Å². The predicted octanol–water partition coefficient (Wildman–Crippen LogP) is 0.443. The Labute approximate surface area is 130 Å². The number of carbonyl (C=O) groups is 2. The van der Waals surface area contributed by atoms with E-state index < -0.39 is 23.2 Å². The van der Waals surface area contributed by atoms with Gasteiger partial charge in [-0.2, -0.15) is 0 Å². The van der Waals surface area contributed by atoms with E-state index >= 15 is 0 Å². The monoisotopic (exact) mass is 315 g/mol. The van der Waals surface area contributed by atoms with Gasteiger partial charge >= 0.3 is 5.97 Å². The first-order valence-corrected chi connectivity index (χ1v) is 7.76. The van der Waals surface area contributed by atoms with Gasteiger partial charge in [0.25, 0.3) is 5.91 Å². The molecule has 0 aromatic heterocycles. The topological polar surface area (TPSA) is 88.6 Å². The van der Waals surface area contributed by atoms with Gasteiger partial charge in [-0.15, -0.1) is 0 Å². The molecule has 3 fully saturated rings. The Morgan fingerprint density at radius 1 is 1.50 bits per heavy atom. The summed E-state index contributed by atoms with van der Waals surface area (Å²) in [6.07, 6.45) is 1.86. The summed E-state index contributed by atoms with van der Waals surface area (Å²) in [6, 6.07) is 0. The van der Waals surface area contributed by atoms with E-state index in [-0.39, 0.29) is 25.3 Å². The molecule has 0 spiro atoms. The van der Waals surface area contributed by atoms with Crippen molar-refractivity contribution in [2.45, 2.75) is 63.5 Å². The summed E-state index contributed by atoms with van der Waals surface area (Å²) in [6.45, 7) is 5.96. The minimum Gasteiger partial charge on any atom is -0.467 e. The number of fused-ring (bicyclic) bond motifs is 3. The molecule has 4 atom stereocenters. The van der Waals surface area contributed by atoms with Crippen molar-refractivity contribution in [3.8, 4) is 0 Å². The maximum absolute atomic E-state index is 12.3. The van der Waals surface area contributed by atoms with E-state index in [9.17, 15) is 9.59 Å². The summed E-state index contributed by atoms with van der Waals surface area (Å²) in [5.41, 5.74) is -1.89. The summed E-state index contributed by atoms with van der Waals surface area (Å²) in [5, 5.41) is 7.57. The van der Waals surface area contributed by atoms with Crippen molar-refractivity contribution in [3.63, 3.8) is 0 Å². The number of aliphatic hydroxyl groups excluding tert-OH is 1. The van der Waals surface area contributed by atoms with Crippen molar-refractivity contribution in [3.05, 3.63) is 0 Å². The van der Waals surface area contributed by atoms with Crippen LogP contribution >= 0.6 is 0 Å². The van der Waals surface area contributed by atoms with Gasteiger partial charge in [0, 0.05) is 6.61 Å². The lowest BCUT2D eigenvalue weighted by molar-refractivity contribution is -0.163. The van der Waals surface area contributed by atoms with Crippen LogP contribution in [0.25, 0.3) is 0 Å². The number of amides is 1. The molecule has 3 aliphatic rings. The second-order valence-corrected chi connectivity index (χ2v) is 5.89. The Morgan fingerprint density at radius 2 is 2.14 bits per heavy atom. The number of hydrogen-bond donors (Lipinski definition) is 1. The first-order chi connectivity index (χ1) is 10.4. The molecule has 0 aromatic rings. The van der Waals surface area contributed by atoms with Crippen LogP contribution in [-0.2, 0) is 23.8 Å². The average molecular weight is 315 g/mol. The Hall–Kier alpha value is -1.18. The van der Waals surface area contributed by atoms with Crippen LogP contribution in [0.1, 0.15) is 40.0 Å². The van der Waals surface area contributed by atoms with Gasteiger partial charge in [-0.1, -0.05) is 13.3 Å². The number of unbranched alkanes of at least 4 members (excludes halogenated alkanes) is 1. The molecule has 1 amide bonds. The summed E-state index contributed by atoms with van der Waals surface area (Å²) in [7, 11) is 1.33. The van der Waals surface area contributed by atoms with Gasteiger partial charge in [0.1, 0.15) is 11.8 Å². The van der Waals surface area contributed by atoms with Crippen LogP contribution < -0.4 is 0 Å². The van der Waals surface area contributed by atoms with E-state index in [1.54, 1.807) is 18.7 Å². The van der Waals surface area contributed by atoms with Gasteiger partial charge in [0.05, 0.1) is 13.7 Å². The van der Waals surface area contributed by atoms with Crippen LogP contribution in [0, 0.1) is 0 Å². The van der Waals surface area contributed by atoms with Crippen molar-refractivity contribution in [2.75, 3.05) is 20.3 Å². The number of carbonyl (C=O) groups excluding carboxylic acids is 2. The molecule has 126 valence electrons. The zero-order chi connectivity index (χ0) is 16.5. The molecule has 3 rings (SSSR count). The lowest BCUT2D eigenvalue weighted by atomic mass is 9.86. The molecule has 3 heterocycles. The van der Waals surface area contributed by atoms with Crippen LogP contribution in [0.15, 0.2) is 0 Å². The number of aliphatic hydroxyl groups is 1. The summed E-state index contributed by atoms with van der Waals surface area (Å²) in [4.78, 5) is 26.2. The fraction of sp³-hybridized carbons (Fsp3) is 0.867. The highest BCUT2D eigenvalue weighted by Crippen LogP contribution is 2.58. The van der Waals surface area contributed by atoms with Gasteiger partial charge in [0.2, 0.25) is 0 Å². The lowest BCUT2D eigenvalue weighted by Gasteiger charge is -2.34. The highest BCUT2D eigenvalue weighted by Gasteiger charge is 2.84. The van der Waals surface area contributed by atoms with Crippen LogP contribution in [0.3, 0.4) is 0 Å². The molecule has 7 nitrogen and oxygen atoms in total. The zero-order valence-corrected chi connectivity index (χ0v) is 13.6. The van der Waals surface area contributed by atoms with Crippen LogP contribution in [0.4, 0.5) is 0 Å². The van der Waals surface area contributed by atoms with E-state index in [1.807, 2.05) is 0 Å². The van der Waals surface area contributed by atoms with E-state index in [1.165, 1.54) is 7.11 Å². The second-order valence-electron chi connectivity index (χ2n) is 5.89. The molecule has 0 saturated carbocycles. The number of methoxy groups -OCH3 is 1. The third-order valence-electron chi connectivity index (χ3n) is 4.60. The first kappa shape index (κ1) is 17.2. The van der Waals surface area contributed by atoms with Crippen molar-refractivity contribution >= 4 is 11.9 Å².